The molecule has 0 saturated carbocycles. The van der Waals surface area contributed by atoms with E-state index in [2.05, 4.69) is 17.6 Å². The third kappa shape index (κ3) is 4.54. The molecule has 1 aliphatic rings. The van der Waals surface area contributed by atoms with Gasteiger partial charge in [-0.05, 0) is 38.4 Å². The van der Waals surface area contributed by atoms with Crippen molar-refractivity contribution in [1.29, 1.82) is 0 Å². The predicted molar refractivity (Wildman–Crippen MR) is 80.6 cm³/mol. The zero-order chi connectivity index (χ0) is 14.5. The first-order chi connectivity index (χ1) is 9.54. The quantitative estimate of drug-likeness (QED) is 0.897. The summed E-state index contributed by atoms with van der Waals surface area (Å²) >= 11 is 11.8. The molecule has 1 aromatic carbocycles. The Morgan fingerprint density at radius 2 is 2.30 bits per heavy atom. The molecule has 1 amide bonds. The lowest BCUT2D eigenvalue weighted by Gasteiger charge is -2.28. The van der Waals surface area contributed by atoms with Gasteiger partial charge in [-0.15, -0.1) is 0 Å². The van der Waals surface area contributed by atoms with Crippen LogP contribution in [0.25, 0.3) is 0 Å². The fraction of sp³-hybridized carbons (Fsp3) is 0.500. The number of nitrogens with one attached hydrogen (secondary N) is 2. The number of ether oxygens (including phenoxy) is 1. The Balaban J connectivity index is 1.81. The van der Waals surface area contributed by atoms with Crippen molar-refractivity contribution in [3.63, 3.8) is 0 Å². The smallest absolute Gasteiger partial charge is 0.258 e. The van der Waals surface area contributed by atoms with Crippen molar-refractivity contribution in [3.05, 3.63) is 28.2 Å². The number of amides is 1. The summed E-state index contributed by atoms with van der Waals surface area (Å²) in [4.78, 5) is 11.9. The Morgan fingerprint density at radius 1 is 1.50 bits per heavy atom. The molecule has 2 atom stereocenters. The van der Waals surface area contributed by atoms with Crippen LogP contribution in [0.1, 0.15) is 19.8 Å². The van der Waals surface area contributed by atoms with Gasteiger partial charge in [0, 0.05) is 23.2 Å². The molecule has 4 nitrogen and oxygen atoms in total. The molecule has 2 N–H and O–H groups in total. The van der Waals surface area contributed by atoms with Gasteiger partial charge in [-0.25, -0.2) is 0 Å². The van der Waals surface area contributed by atoms with E-state index < -0.39 is 0 Å². The van der Waals surface area contributed by atoms with E-state index >= 15 is 0 Å². The molecule has 0 radical (unpaired) electrons. The van der Waals surface area contributed by atoms with Crippen LogP contribution in [-0.2, 0) is 4.79 Å². The molecule has 0 aromatic heterocycles. The summed E-state index contributed by atoms with van der Waals surface area (Å²) in [6.45, 7) is 2.98. The van der Waals surface area contributed by atoms with Crippen molar-refractivity contribution >= 4 is 29.1 Å². The minimum atomic E-state index is -0.139. The molecular formula is C14H18Cl2N2O2. The third-order valence-electron chi connectivity index (χ3n) is 3.24. The standard InChI is InChI=1S/C14H18Cl2N2O2/c1-9-6-11(4-5-17-9)18-14(19)8-20-13-7-10(15)2-3-12(13)16/h2-3,7,9,11,17H,4-6,8H2,1H3,(H,18,19). The summed E-state index contributed by atoms with van der Waals surface area (Å²) in [5.74, 6) is 0.285. The molecule has 2 unspecified atom stereocenters. The van der Waals surface area contributed by atoms with Gasteiger partial charge in [-0.3, -0.25) is 4.79 Å². The number of hydrogen-bond donors (Lipinski definition) is 2. The van der Waals surface area contributed by atoms with Crippen LogP contribution in [0.5, 0.6) is 5.75 Å². The van der Waals surface area contributed by atoms with Crippen LogP contribution in [0, 0.1) is 0 Å². The Morgan fingerprint density at radius 3 is 3.05 bits per heavy atom. The van der Waals surface area contributed by atoms with E-state index in [1.165, 1.54) is 0 Å². The first-order valence-corrected chi connectivity index (χ1v) is 7.41. The molecule has 6 heteroatoms. The number of carbonyl (C=O) groups is 1. The van der Waals surface area contributed by atoms with Gasteiger partial charge >= 0.3 is 0 Å². The lowest BCUT2D eigenvalue weighted by Crippen LogP contribution is -2.47. The minimum absolute atomic E-state index is 0.0572. The molecule has 20 heavy (non-hydrogen) atoms. The van der Waals surface area contributed by atoms with Gasteiger partial charge in [-0.1, -0.05) is 23.2 Å². The van der Waals surface area contributed by atoms with Crippen molar-refractivity contribution in [3.8, 4) is 5.75 Å². The first kappa shape index (κ1) is 15.4. The topological polar surface area (TPSA) is 50.4 Å². The lowest BCUT2D eigenvalue weighted by atomic mass is 10.0. The summed E-state index contributed by atoms with van der Waals surface area (Å²) in [7, 11) is 0. The van der Waals surface area contributed by atoms with Gasteiger partial charge < -0.3 is 15.4 Å². The van der Waals surface area contributed by atoms with E-state index in [1.54, 1.807) is 18.2 Å². The maximum atomic E-state index is 11.9. The molecule has 1 aliphatic heterocycles. The number of piperidine rings is 1. The maximum Gasteiger partial charge on any atom is 0.258 e. The van der Waals surface area contributed by atoms with Gasteiger partial charge in [0.25, 0.3) is 5.91 Å². The molecule has 1 saturated heterocycles. The number of hydrogen-bond acceptors (Lipinski definition) is 3. The number of halogens is 2. The molecule has 0 aliphatic carbocycles. The highest BCUT2D eigenvalue weighted by molar-refractivity contribution is 6.34. The monoisotopic (exact) mass is 316 g/mol. The zero-order valence-corrected chi connectivity index (χ0v) is 12.8. The Hall–Kier alpha value is -0.970. The van der Waals surface area contributed by atoms with E-state index in [-0.39, 0.29) is 18.6 Å². The van der Waals surface area contributed by atoms with Crippen molar-refractivity contribution in [2.45, 2.75) is 31.8 Å². The fourth-order valence-electron chi connectivity index (χ4n) is 2.26. The van der Waals surface area contributed by atoms with Crippen LogP contribution in [0.3, 0.4) is 0 Å². The average molecular weight is 317 g/mol. The normalized spacial score (nSPS) is 22.4. The number of benzene rings is 1. The van der Waals surface area contributed by atoms with Crippen LogP contribution in [0.2, 0.25) is 10.0 Å². The molecule has 1 aromatic rings. The highest BCUT2D eigenvalue weighted by Crippen LogP contribution is 2.27. The fourth-order valence-corrected chi connectivity index (χ4v) is 2.60. The minimum Gasteiger partial charge on any atom is -0.482 e. The summed E-state index contributed by atoms with van der Waals surface area (Å²) in [6, 6.07) is 5.55. The van der Waals surface area contributed by atoms with Gasteiger partial charge in [0.05, 0.1) is 5.02 Å². The van der Waals surface area contributed by atoms with Crippen molar-refractivity contribution < 1.29 is 9.53 Å². The predicted octanol–water partition coefficient (Wildman–Crippen LogP) is 2.63. The second-order valence-electron chi connectivity index (χ2n) is 5.01. The van der Waals surface area contributed by atoms with Crippen molar-refractivity contribution in [2.24, 2.45) is 0 Å². The van der Waals surface area contributed by atoms with Crippen LogP contribution < -0.4 is 15.4 Å². The van der Waals surface area contributed by atoms with Crippen LogP contribution in [-0.4, -0.2) is 31.1 Å². The Bertz CT molecular complexity index is 482. The third-order valence-corrected chi connectivity index (χ3v) is 3.79. The Labute approximate surface area is 128 Å². The average Bonchev–Trinajstić information content (AvgIpc) is 2.40. The highest BCUT2D eigenvalue weighted by Gasteiger charge is 2.20. The second-order valence-corrected chi connectivity index (χ2v) is 5.85. The SMILES string of the molecule is CC1CC(NC(=O)COc2cc(Cl)ccc2Cl)CCN1. The first-order valence-electron chi connectivity index (χ1n) is 6.65. The van der Waals surface area contributed by atoms with E-state index in [9.17, 15) is 4.79 Å². The van der Waals surface area contributed by atoms with Crippen molar-refractivity contribution in [2.75, 3.05) is 13.2 Å². The molecule has 1 fully saturated rings. The van der Waals surface area contributed by atoms with E-state index in [0.717, 1.165) is 19.4 Å². The van der Waals surface area contributed by atoms with Crippen LogP contribution in [0.4, 0.5) is 0 Å². The summed E-state index contributed by atoms with van der Waals surface area (Å²) < 4.78 is 5.40. The molecule has 0 spiro atoms. The maximum absolute atomic E-state index is 11.9. The Kier molecular flexibility index (Phi) is 5.52. The van der Waals surface area contributed by atoms with E-state index in [4.69, 9.17) is 27.9 Å². The van der Waals surface area contributed by atoms with Crippen molar-refractivity contribution in [1.82, 2.24) is 10.6 Å². The van der Waals surface area contributed by atoms with Gasteiger partial charge in [-0.2, -0.15) is 0 Å². The van der Waals surface area contributed by atoms with Crippen LogP contribution >= 0.6 is 23.2 Å². The number of rotatable bonds is 4. The molecule has 110 valence electrons. The molecular weight excluding hydrogens is 299 g/mol. The molecule has 2 rings (SSSR count). The van der Waals surface area contributed by atoms with Crippen LogP contribution in [0.15, 0.2) is 18.2 Å². The highest BCUT2D eigenvalue weighted by atomic mass is 35.5. The largest absolute Gasteiger partial charge is 0.482 e. The zero-order valence-electron chi connectivity index (χ0n) is 11.3. The van der Waals surface area contributed by atoms with Gasteiger partial charge in [0.1, 0.15) is 5.75 Å². The second kappa shape index (κ2) is 7.16. The number of carbonyl (C=O) groups excluding carboxylic acids is 1. The van der Waals surface area contributed by atoms with E-state index in [0.29, 0.717) is 21.8 Å². The molecule has 0 bridgehead atoms. The summed E-state index contributed by atoms with van der Waals surface area (Å²) in [5.41, 5.74) is 0. The van der Waals surface area contributed by atoms with Gasteiger partial charge in [0.2, 0.25) is 0 Å². The van der Waals surface area contributed by atoms with Gasteiger partial charge in [0.15, 0.2) is 6.61 Å². The lowest BCUT2D eigenvalue weighted by molar-refractivity contribution is -0.124. The summed E-state index contributed by atoms with van der Waals surface area (Å²) in [6.07, 6.45) is 1.87. The summed E-state index contributed by atoms with van der Waals surface area (Å²) in [5, 5.41) is 7.28. The molecule has 1 heterocycles. The van der Waals surface area contributed by atoms with E-state index in [1.807, 2.05) is 0 Å².